The Bertz CT molecular complexity index is 372. The molecule has 0 amide bonds. The van der Waals surface area contributed by atoms with Crippen LogP contribution in [-0.2, 0) is 14.1 Å². The van der Waals surface area contributed by atoms with Gasteiger partial charge in [-0.25, -0.2) is 0 Å². The maximum absolute atomic E-state index is 10.6. The lowest BCUT2D eigenvalue weighted by Gasteiger charge is -2.01. The van der Waals surface area contributed by atoms with Gasteiger partial charge < -0.3 is 4.18 Å². The predicted octanol–water partition coefficient (Wildman–Crippen LogP) is 2.13. The summed E-state index contributed by atoms with van der Waals surface area (Å²) in [5.41, 5.74) is 0. The normalized spacial score (nSPS) is 11.2. The van der Waals surface area contributed by atoms with Crippen molar-refractivity contribution in [3.8, 4) is 5.75 Å². The molecule has 0 aromatic heterocycles. The summed E-state index contributed by atoms with van der Waals surface area (Å²) >= 11 is 10.2. The summed E-state index contributed by atoms with van der Waals surface area (Å²) < 4.78 is 29.2. The Kier molecular flexibility index (Phi) is 3.38. The van der Waals surface area contributed by atoms with E-state index in [0.29, 0.717) is 5.02 Å². The van der Waals surface area contributed by atoms with Crippen LogP contribution < -0.4 is 4.18 Å². The van der Waals surface area contributed by atoms with Crippen LogP contribution in [-0.4, -0.2) is 8.42 Å². The molecule has 0 fully saturated rings. The van der Waals surface area contributed by atoms with Crippen LogP contribution in [0.25, 0.3) is 0 Å². The fraction of sp³-hybridized carbons (Fsp3) is 0. The van der Waals surface area contributed by atoms with Gasteiger partial charge in [-0.15, -0.1) is 3.74 Å². The minimum absolute atomic E-state index is 0.0741. The largest absolute Gasteiger partial charge is 0.465 e. The molecule has 1 aromatic rings. The van der Waals surface area contributed by atoms with Gasteiger partial charge in [0, 0.05) is 5.02 Å². The SMILES string of the molecule is O=S(=O)(OCl)Oc1ccc(Cl)cc1. The molecule has 72 valence electrons. The average molecular weight is 243 g/mol. The summed E-state index contributed by atoms with van der Waals surface area (Å²) in [5.74, 6) is 0.0741. The van der Waals surface area contributed by atoms with Crippen molar-refractivity contribution in [2.24, 2.45) is 0 Å². The molecule has 0 spiro atoms. The van der Waals surface area contributed by atoms with E-state index in [9.17, 15) is 8.42 Å². The van der Waals surface area contributed by atoms with Crippen molar-refractivity contribution in [2.75, 3.05) is 0 Å². The van der Waals surface area contributed by atoms with Crippen LogP contribution in [0.1, 0.15) is 0 Å². The maximum atomic E-state index is 10.6. The lowest BCUT2D eigenvalue weighted by atomic mass is 10.3. The number of rotatable bonds is 3. The summed E-state index contributed by atoms with van der Waals surface area (Å²) in [5, 5.41) is 0.469. The van der Waals surface area contributed by atoms with E-state index in [1.807, 2.05) is 0 Å². The summed E-state index contributed by atoms with van der Waals surface area (Å²) in [7, 11) is -4.16. The Labute approximate surface area is 85.5 Å². The Morgan fingerprint density at radius 2 is 1.69 bits per heavy atom. The number of hydrogen-bond acceptors (Lipinski definition) is 4. The van der Waals surface area contributed by atoms with Crippen molar-refractivity contribution in [3.05, 3.63) is 29.3 Å². The van der Waals surface area contributed by atoms with Gasteiger partial charge in [-0.3, -0.25) is 0 Å². The Hall–Kier alpha value is -0.490. The summed E-state index contributed by atoms with van der Waals surface area (Å²) in [6.45, 7) is 0. The molecule has 0 aliphatic heterocycles. The number of halogens is 2. The van der Waals surface area contributed by atoms with Crippen LogP contribution in [0.2, 0.25) is 5.02 Å². The molecule has 0 saturated carbocycles. The van der Waals surface area contributed by atoms with Gasteiger partial charge in [-0.05, 0) is 24.3 Å². The first-order valence-electron chi connectivity index (χ1n) is 3.04. The topological polar surface area (TPSA) is 52.6 Å². The second kappa shape index (κ2) is 4.15. The van der Waals surface area contributed by atoms with Gasteiger partial charge in [0.15, 0.2) is 0 Å². The highest BCUT2D eigenvalue weighted by atomic mass is 35.5. The molecule has 1 aromatic carbocycles. The van der Waals surface area contributed by atoms with Gasteiger partial charge in [0.2, 0.25) is 0 Å². The zero-order valence-electron chi connectivity index (χ0n) is 6.11. The van der Waals surface area contributed by atoms with Crippen molar-refractivity contribution in [2.45, 2.75) is 0 Å². The highest BCUT2D eigenvalue weighted by Crippen LogP contribution is 2.17. The van der Waals surface area contributed by atoms with Gasteiger partial charge >= 0.3 is 10.4 Å². The lowest BCUT2D eigenvalue weighted by molar-refractivity contribution is 0.406. The highest BCUT2D eigenvalue weighted by Gasteiger charge is 2.11. The van der Waals surface area contributed by atoms with E-state index in [0.717, 1.165) is 0 Å². The molecule has 0 unspecified atom stereocenters. The van der Waals surface area contributed by atoms with Gasteiger partial charge in [0.1, 0.15) is 5.75 Å². The van der Waals surface area contributed by atoms with E-state index >= 15 is 0 Å². The molecular weight excluding hydrogens is 239 g/mol. The van der Waals surface area contributed by atoms with Crippen LogP contribution in [0.15, 0.2) is 24.3 Å². The first-order chi connectivity index (χ1) is 6.03. The minimum atomic E-state index is -4.16. The first kappa shape index (κ1) is 10.6. The summed E-state index contributed by atoms with van der Waals surface area (Å²) in [6, 6.07) is 5.69. The van der Waals surface area contributed by atoms with Crippen LogP contribution >= 0.6 is 23.5 Å². The molecule has 0 atom stereocenters. The van der Waals surface area contributed by atoms with Gasteiger partial charge in [-0.2, -0.15) is 8.42 Å². The van der Waals surface area contributed by atoms with Crippen molar-refractivity contribution in [1.82, 2.24) is 0 Å². The molecule has 7 heteroatoms. The second-order valence-corrected chi connectivity index (χ2v) is 3.93. The zero-order valence-corrected chi connectivity index (χ0v) is 8.43. The third-order valence-electron chi connectivity index (χ3n) is 1.09. The smallest absolute Gasteiger partial charge is 0.361 e. The quantitative estimate of drug-likeness (QED) is 0.815. The summed E-state index contributed by atoms with van der Waals surface area (Å²) in [6.07, 6.45) is 0. The summed E-state index contributed by atoms with van der Waals surface area (Å²) in [4.78, 5) is 0. The average Bonchev–Trinajstić information content (AvgIpc) is 2.09. The van der Waals surface area contributed by atoms with Crippen molar-refractivity contribution >= 4 is 33.9 Å². The maximum Gasteiger partial charge on any atom is 0.465 e. The molecule has 0 saturated heterocycles. The fourth-order valence-electron chi connectivity index (χ4n) is 0.621. The monoisotopic (exact) mass is 242 g/mol. The predicted molar refractivity (Wildman–Crippen MR) is 47.9 cm³/mol. The van der Waals surface area contributed by atoms with Crippen molar-refractivity contribution in [1.29, 1.82) is 0 Å². The molecule has 0 aliphatic carbocycles. The van der Waals surface area contributed by atoms with Crippen LogP contribution in [0, 0.1) is 0 Å². The lowest BCUT2D eigenvalue weighted by Crippen LogP contribution is -2.07. The Morgan fingerprint density at radius 3 is 2.15 bits per heavy atom. The number of benzene rings is 1. The molecular formula is C6H4Cl2O4S. The molecule has 0 heterocycles. The molecule has 4 nitrogen and oxygen atoms in total. The van der Waals surface area contributed by atoms with E-state index in [4.69, 9.17) is 11.6 Å². The van der Waals surface area contributed by atoms with Crippen molar-refractivity contribution in [3.63, 3.8) is 0 Å². The second-order valence-electron chi connectivity index (χ2n) is 2.01. The standard InChI is InChI=1S/C6H4Cl2O4S/c7-5-1-3-6(4-2-5)11-13(9,10)12-8/h1-4H. The van der Waals surface area contributed by atoms with Crippen LogP contribution in [0.4, 0.5) is 0 Å². The molecule has 13 heavy (non-hydrogen) atoms. The van der Waals surface area contributed by atoms with E-state index in [-0.39, 0.29) is 5.75 Å². The van der Waals surface area contributed by atoms with Crippen LogP contribution in [0.5, 0.6) is 5.75 Å². The van der Waals surface area contributed by atoms with E-state index in [1.165, 1.54) is 24.3 Å². The van der Waals surface area contributed by atoms with E-state index in [2.05, 4.69) is 19.8 Å². The van der Waals surface area contributed by atoms with E-state index < -0.39 is 10.4 Å². The minimum Gasteiger partial charge on any atom is -0.361 e. The van der Waals surface area contributed by atoms with E-state index in [1.54, 1.807) is 0 Å². The van der Waals surface area contributed by atoms with Crippen molar-refractivity contribution < 1.29 is 16.3 Å². The molecule has 0 N–H and O–H groups in total. The fourth-order valence-corrected chi connectivity index (χ4v) is 1.20. The molecule has 0 radical (unpaired) electrons. The zero-order chi connectivity index (χ0) is 9.90. The first-order valence-corrected chi connectivity index (χ1v) is 5.06. The molecule has 1 rings (SSSR count). The number of hydrogen-bond donors (Lipinski definition) is 0. The third-order valence-corrected chi connectivity index (χ3v) is 2.35. The van der Waals surface area contributed by atoms with Gasteiger partial charge in [0.25, 0.3) is 0 Å². The highest BCUT2D eigenvalue weighted by molar-refractivity contribution is 7.82. The molecule has 0 bridgehead atoms. The van der Waals surface area contributed by atoms with Crippen LogP contribution in [0.3, 0.4) is 0 Å². The molecule has 0 aliphatic rings. The van der Waals surface area contributed by atoms with Gasteiger partial charge in [-0.1, -0.05) is 11.6 Å². The Balaban J connectivity index is 2.82. The Morgan fingerprint density at radius 1 is 1.15 bits per heavy atom. The van der Waals surface area contributed by atoms with Gasteiger partial charge in [0.05, 0.1) is 11.9 Å². The third kappa shape index (κ3) is 3.40.